The van der Waals surface area contributed by atoms with Crippen LogP contribution in [0.3, 0.4) is 0 Å². The van der Waals surface area contributed by atoms with Gasteiger partial charge >= 0.3 is 0 Å². The molecule has 0 aliphatic carbocycles. The van der Waals surface area contributed by atoms with E-state index < -0.39 is 0 Å². The van der Waals surface area contributed by atoms with Gasteiger partial charge in [-0.25, -0.2) is 0 Å². The summed E-state index contributed by atoms with van der Waals surface area (Å²) in [6.07, 6.45) is 3.39. The van der Waals surface area contributed by atoms with E-state index in [1.165, 1.54) is 30.7 Å². The van der Waals surface area contributed by atoms with E-state index in [9.17, 15) is 0 Å². The smallest absolute Gasteiger partial charge is 0.253 e. The predicted molar refractivity (Wildman–Crippen MR) is 39.3 cm³/mol. The van der Waals surface area contributed by atoms with Gasteiger partial charge in [-0.15, -0.1) is 0 Å². The Labute approximate surface area is 68.0 Å². The van der Waals surface area contributed by atoms with Crippen LogP contribution in [0.2, 0.25) is 0 Å². The average molecular weight is 176 g/mol. The number of nitrogens with zero attached hydrogens (tertiary/aromatic N) is 1. The molecule has 3 saturated heterocycles. The Balaban J connectivity index is 1.88. The molecule has 0 amide bonds. The molecule has 0 N–H and O–H groups in total. The van der Waals surface area contributed by atoms with Crippen LogP contribution in [0.5, 0.6) is 0 Å². The summed E-state index contributed by atoms with van der Waals surface area (Å²) in [6.45, 7) is 1.13. The summed E-state index contributed by atoms with van der Waals surface area (Å²) in [5.41, 5.74) is 0. The fourth-order valence-electron chi connectivity index (χ4n) is 1.34. The highest BCUT2D eigenvalue weighted by Gasteiger charge is 2.66. The Morgan fingerprint density at radius 2 is 2.60 bits per heavy atom. The van der Waals surface area contributed by atoms with Gasteiger partial charge in [-0.2, -0.15) is 4.31 Å². The summed E-state index contributed by atoms with van der Waals surface area (Å²) in [6, 6.07) is 0. The number of hydrogen-bond donors (Lipinski definition) is 0. The second kappa shape index (κ2) is 1.84. The maximum absolute atomic E-state index is 5.36. The monoisotopic (exact) mass is 176 g/mol. The largest absolute Gasteiger partial charge is 0.295 e. The zero-order chi connectivity index (χ0) is 6.60. The van der Waals surface area contributed by atoms with E-state index in [2.05, 4.69) is 4.31 Å². The molecule has 55 valence electrons. The van der Waals surface area contributed by atoms with Crippen molar-refractivity contribution in [2.45, 2.75) is 17.9 Å². The minimum Gasteiger partial charge on any atom is -0.295 e. The van der Waals surface area contributed by atoms with Crippen LogP contribution >= 0.6 is 24.3 Å². The van der Waals surface area contributed by atoms with Gasteiger partial charge in [0, 0.05) is 6.54 Å². The SMILES string of the molecule is C1C[C]2OS[C@@]23OSN3C1. The van der Waals surface area contributed by atoms with Crippen molar-refractivity contribution in [2.75, 3.05) is 6.54 Å². The number of piperidine rings is 1. The molecule has 3 nitrogen and oxygen atoms in total. The molecule has 1 radical (unpaired) electrons. The van der Waals surface area contributed by atoms with Crippen molar-refractivity contribution in [1.82, 2.24) is 4.31 Å². The van der Waals surface area contributed by atoms with E-state index in [1.54, 1.807) is 0 Å². The lowest BCUT2D eigenvalue weighted by Gasteiger charge is -2.58. The van der Waals surface area contributed by atoms with Gasteiger partial charge in [0.05, 0.1) is 24.3 Å². The van der Waals surface area contributed by atoms with E-state index in [4.69, 9.17) is 8.37 Å². The molecule has 0 saturated carbocycles. The molecule has 3 rings (SSSR count). The molecule has 3 aliphatic rings. The molecule has 0 aromatic carbocycles. The molecule has 3 fully saturated rings. The normalized spacial score (nSPS) is 46.8. The molecule has 3 aliphatic heterocycles. The van der Waals surface area contributed by atoms with Crippen LogP contribution in [0, 0.1) is 6.10 Å². The van der Waals surface area contributed by atoms with E-state index in [0.717, 1.165) is 19.1 Å². The van der Waals surface area contributed by atoms with Crippen LogP contribution in [0.1, 0.15) is 12.8 Å². The highest BCUT2D eigenvalue weighted by Crippen LogP contribution is 2.65. The summed E-state index contributed by atoms with van der Waals surface area (Å²) in [7, 11) is 0. The van der Waals surface area contributed by atoms with Gasteiger partial charge in [0.2, 0.25) is 0 Å². The van der Waals surface area contributed by atoms with E-state index in [1.807, 2.05) is 0 Å². The fraction of sp³-hybridized carbons (Fsp3) is 0.800. The van der Waals surface area contributed by atoms with E-state index >= 15 is 0 Å². The fourth-order valence-corrected chi connectivity index (χ4v) is 3.14. The van der Waals surface area contributed by atoms with Gasteiger partial charge in [0.25, 0.3) is 5.06 Å². The van der Waals surface area contributed by atoms with Crippen molar-refractivity contribution in [3.8, 4) is 0 Å². The first kappa shape index (κ1) is 6.14. The summed E-state index contributed by atoms with van der Waals surface area (Å²) in [5.74, 6) is 0. The minimum atomic E-state index is -0.136. The molecule has 0 aromatic rings. The van der Waals surface area contributed by atoms with Crippen molar-refractivity contribution in [1.29, 1.82) is 0 Å². The van der Waals surface area contributed by atoms with Crippen molar-refractivity contribution in [2.24, 2.45) is 0 Å². The maximum Gasteiger partial charge on any atom is 0.253 e. The molecule has 1 atom stereocenters. The first-order valence-corrected chi connectivity index (χ1v) is 4.71. The van der Waals surface area contributed by atoms with Crippen molar-refractivity contribution in [3.05, 3.63) is 6.10 Å². The second-order valence-electron chi connectivity index (χ2n) is 2.54. The van der Waals surface area contributed by atoms with Gasteiger partial charge in [0.15, 0.2) is 6.10 Å². The minimum absolute atomic E-state index is 0.136. The standard InChI is InChI=1S/C5H6NO2S2/c1-2-4-5(9-7-4)6(3-1)10-8-5/h1-3H2/t5-/m0/s1. The number of hydrogen-bond acceptors (Lipinski definition) is 5. The zero-order valence-corrected chi connectivity index (χ0v) is 6.83. The van der Waals surface area contributed by atoms with Gasteiger partial charge in [-0.05, 0) is 12.8 Å². The maximum atomic E-state index is 5.36. The van der Waals surface area contributed by atoms with Crippen LogP contribution in [0.15, 0.2) is 0 Å². The van der Waals surface area contributed by atoms with Crippen molar-refractivity contribution >= 4 is 24.3 Å². The third-order valence-electron chi connectivity index (χ3n) is 1.94. The van der Waals surface area contributed by atoms with Gasteiger partial charge in [-0.1, -0.05) is 0 Å². The Hall–Kier alpha value is 0.580. The molecule has 1 spiro atoms. The van der Waals surface area contributed by atoms with E-state index in [-0.39, 0.29) is 5.06 Å². The zero-order valence-electron chi connectivity index (χ0n) is 5.20. The summed E-state index contributed by atoms with van der Waals surface area (Å²) >= 11 is 2.89. The Morgan fingerprint density at radius 1 is 1.60 bits per heavy atom. The van der Waals surface area contributed by atoms with Crippen LogP contribution in [-0.2, 0) is 8.37 Å². The van der Waals surface area contributed by atoms with Crippen molar-refractivity contribution < 1.29 is 8.37 Å². The molecule has 10 heavy (non-hydrogen) atoms. The molecule has 5 heteroatoms. The van der Waals surface area contributed by atoms with Crippen LogP contribution in [0.4, 0.5) is 0 Å². The third kappa shape index (κ3) is 0.527. The highest BCUT2D eigenvalue weighted by atomic mass is 32.2. The first-order valence-electron chi connectivity index (χ1n) is 3.27. The Morgan fingerprint density at radius 3 is 3.00 bits per heavy atom. The topological polar surface area (TPSA) is 21.7 Å². The molecular formula is C5H6NO2S2. The third-order valence-corrected chi connectivity index (χ3v) is 4.14. The summed E-state index contributed by atoms with van der Waals surface area (Å²) in [5, 5.41) is -0.136. The lowest BCUT2D eigenvalue weighted by molar-refractivity contribution is -0.0763. The van der Waals surface area contributed by atoms with Gasteiger partial charge in [0.1, 0.15) is 0 Å². The Kier molecular flexibility index (Phi) is 1.13. The van der Waals surface area contributed by atoms with E-state index in [0.29, 0.717) is 0 Å². The highest BCUT2D eigenvalue weighted by molar-refractivity contribution is 8.02. The lowest BCUT2D eigenvalue weighted by atomic mass is 10.1. The summed E-state index contributed by atoms with van der Waals surface area (Å²) in [4.78, 5) is 0. The molecular weight excluding hydrogens is 170 g/mol. The van der Waals surface area contributed by atoms with Crippen molar-refractivity contribution in [3.63, 3.8) is 0 Å². The second-order valence-corrected chi connectivity index (χ2v) is 4.18. The average Bonchev–Trinajstić information content (AvgIpc) is 1.80. The number of rotatable bonds is 0. The molecule has 0 bridgehead atoms. The summed E-state index contributed by atoms with van der Waals surface area (Å²) < 4.78 is 12.8. The van der Waals surface area contributed by atoms with Crippen LogP contribution in [0.25, 0.3) is 0 Å². The quantitative estimate of drug-likeness (QED) is 0.411. The molecule has 0 unspecified atom stereocenters. The molecule has 0 aromatic heterocycles. The predicted octanol–water partition coefficient (Wildman–Crippen LogP) is 1.54. The van der Waals surface area contributed by atoms with Gasteiger partial charge in [-0.3, -0.25) is 8.37 Å². The molecule has 3 heterocycles. The van der Waals surface area contributed by atoms with Crippen LogP contribution in [-0.4, -0.2) is 15.9 Å². The van der Waals surface area contributed by atoms with Crippen LogP contribution < -0.4 is 0 Å². The Bertz CT molecular complexity index is 159. The first-order chi connectivity index (χ1) is 4.92. The lowest BCUT2D eigenvalue weighted by Crippen LogP contribution is -2.63. The van der Waals surface area contributed by atoms with Gasteiger partial charge < -0.3 is 0 Å².